The van der Waals surface area contributed by atoms with Gasteiger partial charge in [0.2, 0.25) is 12.2 Å². The Hall–Kier alpha value is -4.28. The van der Waals surface area contributed by atoms with E-state index in [0.29, 0.717) is 25.0 Å². The number of hydrogen-bond donors (Lipinski definition) is 9. The number of aliphatic hydroxyl groups excluding tert-OH is 2. The number of rotatable bonds is 2. The summed E-state index contributed by atoms with van der Waals surface area (Å²) in [7, 11) is 0. The summed E-state index contributed by atoms with van der Waals surface area (Å²) in [4.78, 5) is 41.7. The van der Waals surface area contributed by atoms with Crippen molar-refractivity contribution in [1.82, 2.24) is 55.6 Å². The summed E-state index contributed by atoms with van der Waals surface area (Å²) in [6.45, 7) is -0.787. The van der Waals surface area contributed by atoms with Crippen molar-refractivity contribution in [2.45, 2.75) is 24.4 Å². The van der Waals surface area contributed by atoms with Gasteiger partial charge < -0.3 is 52.5 Å². The number of aliphatic hydroxyl groups is 2. The van der Waals surface area contributed by atoms with Gasteiger partial charge in [0.25, 0.3) is 0 Å². The Morgan fingerprint density at radius 1 is 1.02 bits per heavy atom. The van der Waals surface area contributed by atoms with Gasteiger partial charge >= 0.3 is 11.6 Å². The molecule has 0 amide bonds. The van der Waals surface area contributed by atoms with Crippen molar-refractivity contribution < 1.29 is 23.7 Å². The third-order valence-electron chi connectivity index (χ3n) is 5.22. The predicted octanol–water partition coefficient (Wildman–Crippen LogP) is 0.487. The highest BCUT2D eigenvalue weighted by atomic mass is 32.1. The molecule has 6 heterocycles. The molecule has 0 bridgehead atoms. The van der Waals surface area contributed by atoms with Gasteiger partial charge in [0.1, 0.15) is 23.0 Å². The number of halogens is 2. The first kappa shape index (κ1) is 30.3. The number of imidazole rings is 2. The van der Waals surface area contributed by atoms with Crippen LogP contribution in [0.25, 0.3) is 22.3 Å². The SMILES string of the molecule is N.Nc1ccn([C@@H]2O[C@H](CO)[C@@H](O)C2(F)F)c(=O)n1.Nc1nc(=S)c2[nH]cnc2[nH]1.S=c1nc[nH]c2nc[nH]c12. The largest absolute Gasteiger partial charge is 0.394 e. The molecule has 5 aromatic heterocycles. The zero-order chi connectivity index (χ0) is 28.3. The lowest BCUT2D eigenvalue weighted by molar-refractivity contribution is -0.140. The zero-order valence-corrected chi connectivity index (χ0v) is 21.8. The monoisotopic (exact) mass is 599 g/mol. The van der Waals surface area contributed by atoms with Crippen LogP contribution >= 0.6 is 24.4 Å². The average Bonchev–Trinajstić information content (AvgIpc) is 3.60. The third kappa shape index (κ3) is 6.13. The van der Waals surface area contributed by atoms with Gasteiger partial charge in [-0.1, -0.05) is 24.4 Å². The van der Waals surface area contributed by atoms with Crippen LogP contribution in [0.4, 0.5) is 20.5 Å². The number of anilines is 2. The lowest BCUT2D eigenvalue weighted by Gasteiger charge is -2.20. The van der Waals surface area contributed by atoms with Gasteiger partial charge in [-0.15, -0.1) is 0 Å². The summed E-state index contributed by atoms with van der Waals surface area (Å²) in [5.41, 5.74) is 12.5. The van der Waals surface area contributed by atoms with Gasteiger partial charge in [0, 0.05) is 6.20 Å². The number of aromatic amines is 4. The number of hydrogen-bond acceptors (Lipinski definition) is 14. The lowest BCUT2D eigenvalue weighted by atomic mass is 10.1. The number of alkyl halides is 2. The van der Waals surface area contributed by atoms with Crippen molar-refractivity contribution in [2.24, 2.45) is 0 Å². The Kier molecular flexibility index (Phi) is 9.28. The molecule has 21 heteroatoms. The van der Waals surface area contributed by atoms with Crippen molar-refractivity contribution in [3.63, 3.8) is 0 Å². The summed E-state index contributed by atoms with van der Waals surface area (Å²) in [6.07, 6.45) is -0.0329. The molecule has 17 nitrogen and oxygen atoms in total. The maximum Gasteiger partial charge on any atom is 0.351 e. The topological polar surface area (TPSA) is 286 Å². The van der Waals surface area contributed by atoms with E-state index in [2.05, 4.69) is 44.9 Å². The summed E-state index contributed by atoms with van der Waals surface area (Å²) in [5, 5.41) is 18.1. The summed E-state index contributed by atoms with van der Waals surface area (Å²) in [5.74, 6) is -3.54. The molecule has 40 heavy (non-hydrogen) atoms. The van der Waals surface area contributed by atoms with E-state index in [0.717, 1.165) is 23.4 Å². The van der Waals surface area contributed by atoms with Crippen LogP contribution in [0.1, 0.15) is 6.23 Å². The fourth-order valence-electron chi connectivity index (χ4n) is 3.37. The molecular formula is C19H23F2N13O4S2. The number of nitrogens with two attached hydrogens (primary N) is 2. The van der Waals surface area contributed by atoms with E-state index in [1.807, 2.05) is 0 Å². The highest BCUT2D eigenvalue weighted by Crippen LogP contribution is 2.41. The number of nitrogens with zero attached hydrogens (tertiary/aromatic N) is 6. The van der Waals surface area contributed by atoms with Gasteiger partial charge in [-0.25, -0.2) is 24.7 Å². The predicted molar refractivity (Wildman–Crippen MR) is 142 cm³/mol. The lowest BCUT2D eigenvalue weighted by Crippen LogP contribution is -2.41. The van der Waals surface area contributed by atoms with Crippen LogP contribution in [0.2, 0.25) is 0 Å². The van der Waals surface area contributed by atoms with Crippen molar-refractivity contribution in [3.05, 3.63) is 51.0 Å². The Labute approximate surface area is 231 Å². The Morgan fingerprint density at radius 2 is 1.65 bits per heavy atom. The molecule has 6 rings (SSSR count). The number of fused-ring (bicyclic) bond motifs is 2. The van der Waals surface area contributed by atoms with E-state index in [-0.39, 0.29) is 17.9 Å². The third-order valence-corrected chi connectivity index (χ3v) is 5.83. The van der Waals surface area contributed by atoms with E-state index in [1.54, 1.807) is 6.33 Å². The standard InChI is InChI=1S/C9H11F2N3O4.C5H5N5S.C5H4N4S.H3N/c10-9(11)6(16)4(3-15)18-7(9)14-2-1-5(12)13-8(14)17;6-5-9-3-2(4(11)10-5)7-1-8-3;10-5-3-4(7-1-6-3)8-2-9-5;/h1-2,4,6-7,15-16H,3H2,(H2,12,13,17);1H,(H4,6,7,8,9,10,11);1-2H,(H2,6,7,8,9,10);1H3/t4-,6-,7-;;;/m1.../s1. The van der Waals surface area contributed by atoms with E-state index in [4.69, 9.17) is 45.7 Å². The van der Waals surface area contributed by atoms with Crippen LogP contribution in [-0.2, 0) is 4.74 Å². The Balaban J connectivity index is 0.000000173. The van der Waals surface area contributed by atoms with Crippen LogP contribution in [0.15, 0.2) is 36.0 Å². The highest BCUT2D eigenvalue weighted by Gasteiger charge is 2.59. The van der Waals surface area contributed by atoms with Crippen LogP contribution in [0.5, 0.6) is 0 Å². The number of aromatic nitrogens is 10. The molecule has 0 aromatic carbocycles. The number of H-pyrrole nitrogens is 4. The smallest absolute Gasteiger partial charge is 0.351 e. The number of nitrogens with one attached hydrogen (secondary N) is 4. The first-order valence-corrected chi connectivity index (χ1v) is 11.6. The molecule has 1 aliphatic heterocycles. The molecule has 3 atom stereocenters. The quantitative estimate of drug-likeness (QED) is 0.125. The zero-order valence-electron chi connectivity index (χ0n) is 20.2. The second-order valence-corrected chi connectivity index (χ2v) is 8.53. The maximum absolute atomic E-state index is 13.7. The minimum absolute atomic E-state index is 0. The average molecular weight is 600 g/mol. The molecule has 1 saturated heterocycles. The molecule has 0 saturated carbocycles. The first-order valence-electron chi connectivity index (χ1n) is 10.8. The highest BCUT2D eigenvalue weighted by molar-refractivity contribution is 7.71. The summed E-state index contributed by atoms with van der Waals surface area (Å²) >= 11 is 9.82. The molecule has 5 aromatic rings. The Bertz CT molecular complexity index is 1770. The fraction of sp³-hybridized carbons (Fsp3) is 0.263. The minimum atomic E-state index is -3.71. The molecular weight excluding hydrogens is 576 g/mol. The maximum atomic E-state index is 13.7. The van der Waals surface area contributed by atoms with Gasteiger partial charge in [0.05, 0.1) is 25.6 Å². The molecule has 1 fully saturated rings. The van der Waals surface area contributed by atoms with Crippen LogP contribution in [0, 0.1) is 9.28 Å². The van der Waals surface area contributed by atoms with Crippen LogP contribution < -0.4 is 23.3 Å². The van der Waals surface area contributed by atoms with Gasteiger partial charge in [-0.2, -0.15) is 13.8 Å². The molecule has 0 unspecified atom stereocenters. The Morgan fingerprint density at radius 3 is 2.25 bits per heavy atom. The minimum Gasteiger partial charge on any atom is -0.394 e. The van der Waals surface area contributed by atoms with Crippen LogP contribution in [-0.4, -0.2) is 84.4 Å². The van der Waals surface area contributed by atoms with Crippen molar-refractivity contribution in [1.29, 1.82) is 0 Å². The fourth-order valence-corrected chi connectivity index (χ4v) is 3.84. The molecule has 1 aliphatic rings. The normalized spacial score (nSPS) is 19.2. The van der Waals surface area contributed by atoms with Gasteiger partial charge in [0.15, 0.2) is 26.7 Å². The molecule has 0 radical (unpaired) electrons. The van der Waals surface area contributed by atoms with E-state index < -0.39 is 36.7 Å². The second-order valence-electron chi connectivity index (χ2n) is 7.76. The van der Waals surface area contributed by atoms with Crippen molar-refractivity contribution >= 4 is 58.5 Å². The number of ether oxygens (including phenoxy) is 1. The molecule has 214 valence electrons. The second kappa shape index (κ2) is 12.3. The molecule has 13 N–H and O–H groups in total. The first-order chi connectivity index (χ1) is 18.5. The molecule has 0 aliphatic carbocycles. The van der Waals surface area contributed by atoms with E-state index in [1.165, 1.54) is 12.7 Å². The van der Waals surface area contributed by atoms with Crippen LogP contribution in [0.3, 0.4) is 0 Å². The van der Waals surface area contributed by atoms with Crippen molar-refractivity contribution in [2.75, 3.05) is 18.1 Å². The summed E-state index contributed by atoms with van der Waals surface area (Å²) in [6, 6.07) is 1.15. The molecule has 0 spiro atoms. The number of nitrogen functional groups attached to an aromatic ring is 2. The van der Waals surface area contributed by atoms with Crippen molar-refractivity contribution in [3.8, 4) is 0 Å². The van der Waals surface area contributed by atoms with E-state index >= 15 is 0 Å². The van der Waals surface area contributed by atoms with Gasteiger partial charge in [-0.3, -0.25) is 4.57 Å². The van der Waals surface area contributed by atoms with E-state index in [9.17, 15) is 18.7 Å². The van der Waals surface area contributed by atoms with Gasteiger partial charge in [-0.05, 0) is 6.07 Å². The summed E-state index contributed by atoms with van der Waals surface area (Å²) < 4.78 is 33.7.